The molecule has 0 aromatic heterocycles. The van der Waals surface area contributed by atoms with Gasteiger partial charge in [-0.25, -0.2) is 0 Å². The van der Waals surface area contributed by atoms with Crippen molar-refractivity contribution in [2.24, 2.45) is 0 Å². The van der Waals surface area contributed by atoms with E-state index < -0.39 is 15.4 Å². The maximum absolute atomic E-state index is 11.3. The van der Waals surface area contributed by atoms with Gasteiger partial charge in [0.2, 0.25) is 0 Å². The molecular weight excluding hydrogens is 271 g/mol. The van der Waals surface area contributed by atoms with Gasteiger partial charge in [0.15, 0.2) is 0 Å². The average Bonchev–Trinajstić information content (AvgIpc) is 2.08. The Hall–Kier alpha value is -0.550. The fourth-order valence-electron chi connectivity index (χ4n) is 1.41. The van der Waals surface area contributed by atoms with Gasteiger partial charge in [0.1, 0.15) is 5.25 Å². The highest BCUT2D eigenvalue weighted by molar-refractivity contribution is 7.86. The van der Waals surface area contributed by atoms with E-state index in [1.165, 1.54) is 19.1 Å². The maximum atomic E-state index is 11.3. The van der Waals surface area contributed by atoms with E-state index in [-0.39, 0.29) is 21.2 Å². The van der Waals surface area contributed by atoms with Gasteiger partial charge in [-0.3, -0.25) is 4.55 Å². The van der Waals surface area contributed by atoms with E-state index >= 15 is 0 Å². The first kappa shape index (κ1) is 13.5. The van der Waals surface area contributed by atoms with Crippen LogP contribution in [0, 0.1) is 0 Å². The SMILES string of the molecule is C=C(C)C(c1c(Cl)cccc1Cl)S(=O)(=O)O. The minimum Gasteiger partial charge on any atom is -0.285 e. The molecule has 0 saturated carbocycles. The van der Waals surface area contributed by atoms with Gasteiger partial charge in [0.05, 0.1) is 0 Å². The van der Waals surface area contributed by atoms with Crippen molar-refractivity contribution < 1.29 is 13.0 Å². The Kier molecular flexibility index (Phi) is 4.02. The van der Waals surface area contributed by atoms with Gasteiger partial charge >= 0.3 is 0 Å². The highest BCUT2D eigenvalue weighted by Crippen LogP contribution is 2.37. The molecular formula is C10H10Cl2O3S. The summed E-state index contributed by atoms with van der Waals surface area (Å²) >= 11 is 11.7. The Labute approximate surface area is 104 Å². The molecule has 0 saturated heterocycles. The highest BCUT2D eigenvalue weighted by atomic mass is 35.5. The van der Waals surface area contributed by atoms with Gasteiger partial charge in [-0.2, -0.15) is 8.42 Å². The lowest BCUT2D eigenvalue weighted by molar-refractivity contribution is 0.474. The lowest BCUT2D eigenvalue weighted by Gasteiger charge is -2.17. The van der Waals surface area contributed by atoms with Crippen LogP contribution in [0.1, 0.15) is 17.7 Å². The molecule has 0 bridgehead atoms. The Morgan fingerprint density at radius 1 is 1.38 bits per heavy atom. The lowest BCUT2D eigenvalue weighted by Crippen LogP contribution is -2.14. The third-order valence-electron chi connectivity index (χ3n) is 2.01. The highest BCUT2D eigenvalue weighted by Gasteiger charge is 2.29. The fourth-order valence-corrected chi connectivity index (χ4v) is 3.22. The number of rotatable bonds is 3. The van der Waals surface area contributed by atoms with E-state index in [0.717, 1.165) is 0 Å². The minimum absolute atomic E-state index is 0.154. The number of hydrogen-bond donors (Lipinski definition) is 1. The smallest absolute Gasteiger partial charge is 0.276 e. The summed E-state index contributed by atoms with van der Waals surface area (Å²) in [6, 6.07) is 4.60. The first-order valence-corrected chi connectivity index (χ1v) is 6.56. The predicted molar refractivity (Wildman–Crippen MR) is 65.6 cm³/mol. The molecule has 88 valence electrons. The van der Waals surface area contributed by atoms with E-state index in [1.54, 1.807) is 6.07 Å². The quantitative estimate of drug-likeness (QED) is 0.681. The first-order chi connectivity index (χ1) is 7.25. The summed E-state index contributed by atoms with van der Waals surface area (Å²) in [4.78, 5) is 0. The standard InChI is InChI=1S/C10H10Cl2O3S/c1-6(2)10(16(13,14)15)9-7(11)4-3-5-8(9)12/h3-5,10H,1H2,2H3,(H,13,14,15). The van der Waals surface area contributed by atoms with Crippen molar-refractivity contribution in [1.82, 2.24) is 0 Å². The zero-order valence-electron chi connectivity index (χ0n) is 8.44. The second-order valence-electron chi connectivity index (χ2n) is 3.38. The molecule has 1 atom stereocenters. The summed E-state index contributed by atoms with van der Waals surface area (Å²) < 4.78 is 31.7. The van der Waals surface area contributed by atoms with Gasteiger partial charge in [-0.05, 0) is 19.1 Å². The zero-order valence-corrected chi connectivity index (χ0v) is 10.8. The fraction of sp³-hybridized carbons (Fsp3) is 0.200. The first-order valence-electron chi connectivity index (χ1n) is 4.30. The molecule has 0 radical (unpaired) electrons. The molecule has 1 aromatic rings. The van der Waals surface area contributed by atoms with E-state index in [4.69, 9.17) is 27.8 Å². The van der Waals surface area contributed by atoms with Crippen LogP contribution in [0.15, 0.2) is 30.4 Å². The summed E-state index contributed by atoms with van der Waals surface area (Å²) in [6.45, 7) is 5.01. The normalized spacial score (nSPS) is 13.5. The Morgan fingerprint density at radius 2 is 1.81 bits per heavy atom. The minimum atomic E-state index is -4.33. The van der Waals surface area contributed by atoms with Crippen LogP contribution >= 0.6 is 23.2 Å². The van der Waals surface area contributed by atoms with Crippen LogP contribution in [-0.2, 0) is 10.1 Å². The van der Waals surface area contributed by atoms with E-state index in [2.05, 4.69) is 6.58 Å². The predicted octanol–water partition coefficient (Wildman–Crippen LogP) is 3.50. The van der Waals surface area contributed by atoms with Crippen LogP contribution in [0.5, 0.6) is 0 Å². The summed E-state index contributed by atoms with van der Waals surface area (Å²) in [5.41, 5.74) is 0.401. The molecule has 1 N–H and O–H groups in total. The van der Waals surface area contributed by atoms with Crippen molar-refractivity contribution in [3.05, 3.63) is 46.0 Å². The largest absolute Gasteiger partial charge is 0.285 e. The Morgan fingerprint density at radius 3 is 2.12 bits per heavy atom. The molecule has 0 spiro atoms. The van der Waals surface area contributed by atoms with Crippen molar-refractivity contribution in [3.63, 3.8) is 0 Å². The van der Waals surface area contributed by atoms with Crippen LogP contribution in [0.4, 0.5) is 0 Å². The van der Waals surface area contributed by atoms with Crippen LogP contribution < -0.4 is 0 Å². The maximum Gasteiger partial charge on any atom is 0.276 e. The molecule has 0 heterocycles. The lowest BCUT2D eigenvalue weighted by atomic mass is 10.1. The monoisotopic (exact) mass is 280 g/mol. The molecule has 16 heavy (non-hydrogen) atoms. The van der Waals surface area contributed by atoms with Crippen LogP contribution in [0.3, 0.4) is 0 Å². The second kappa shape index (κ2) is 4.75. The molecule has 0 amide bonds. The van der Waals surface area contributed by atoms with Crippen LogP contribution in [-0.4, -0.2) is 13.0 Å². The van der Waals surface area contributed by atoms with Crippen LogP contribution in [0.2, 0.25) is 10.0 Å². The summed E-state index contributed by atoms with van der Waals surface area (Å²) in [7, 11) is -4.33. The van der Waals surface area contributed by atoms with Crippen LogP contribution in [0.25, 0.3) is 0 Å². The molecule has 0 aliphatic carbocycles. The van der Waals surface area contributed by atoms with Gasteiger partial charge in [0, 0.05) is 15.6 Å². The molecule has 0 aliphatic heterocycles. The molecule has 6 heteroatoms. The summed E-state index contributed by atoms with van der Waals surface area (Å²) in [6.07, 6.45) is 0. The number of benzene rings is 1. The molecule has 3 nitrogen and oxygen atoms in total. The summed E-state index contributed by atoms with van der Waals surface area (Å²) in [5.74, 6) is 0. The van der Waals surface area contributed by atoms with Gasteiger partial charge in [0.25, 0.3) is 10.1 Å². The molecule has 1 rings (SSSR count). The van der Waals surface area contributed by atoms with E-state index in [9.17, 15) is 8.42 Å². The van der Waals surface area contributed by atoms with E-state index in [0.29, 0.717) is 0 Å². The van der Waals surface area contributed by atoms with Gasteiger partial charge < -0.3 is 0 Å². The third kappa shape index (κ3) is 2.77. The van der Waals surface area contributed by atoms with Gasteiger partial charge in [-0.15, -0.1) is 0 Å². The van der Waals surface area contributed by atoms with E-state index in [1.807, 2.05) is 0 Å². The van der Waals surface area contributed by atoms with Crippen molar-refractivity contribution in [3.8, 4) is 0 Å². The van der Waals surface area contributed by atoms with Crippen molar-refractivity contribution >= 4 is 33.3 Å². The second-order valence-corrected chi connectivity index (χ2v) is 5.69. The zero-order chi connectivity index (χ0) is 12.5. The van der Waals surface area contributed by atoms with Gasteiger partial charge in [-0.1, -0.05) is 41.4 Å². The molecule has 0 fully saturated rings. The molecule has 0 aliphatic rings. The summed E-state index contributed by atoms with van der Waals surface area (Å²) in [5, 5.41) is -0.940. The Balaban J connectivity index is 3.51. The topological polar surface area (TPSA) is 54.4 Å². The Bertz CT molecular complexity index is 503. The molecule has 1 unspecified atom stereocenters. The van der Waals surface area contributed by atoms with Crippen molar-refractivity contribution in [2.75, 3.05) is 0 Å². The average molecular weight is 281 g/mol. The third-order valence-corrected chi connectivity index (χ3v) is 3.90. The van der Waals surface area contributed by atoms with Crippen molar-refractivity contribution in [2.45, 2.75) is 12.2 Å². The number of hydrogen-bond acceptors (Lipinski definition) is 2. The molecule has 1 aromatic carbocycles. The van der Waals surface area contributed by atoms with Crippen molar-refractivity contribution in [1.29, 1.82) is 0 Å². The number of halogens is 2.